The monoisotopic (exact) mass is 430 g/mol. The van der Waals surface area contributed by atoms with Crippen LogP contribution >= 0.6 is 11.6 Å². The second-order valence-electron chi connectivity index (χ2n) is 7.39. The molecule has 2 aromatic rings. The van der Waals surface area contributed by atoms with Gasteiger partial charge in [0.05, 0.1) is 24.1 Å². The Labute approximate surface area is 181 Å². The highest BCUT2D eigenvalue weighted by molar-refractivity contribution is 6.30. The zero-order chi connectivity index (χ0) is 21.5. The summed E-state index contributed by atoms with van der Waals surface area (Å²) in [6, 6.07) is 10.6. The SMILES string of the molecule is COc1ccccc1CNC(=O)C(C)N1CCCC(C(=O)Nc2ccc(Cl)cn2)C1. The number of likely N-dealkylation sites (tertiary alicyclic amines) is 1. The number of ether oxygens (including phenoxy) is 1. The Bertz CT molecular complexity index is 875. The second kappa shape index (κ2) is 10.4. The highest BCUT2D eigenvalue weighted by Crippen LogP contribution is 2.21. The van der Waals surface area contributed by atoms with Gasteiger partial charge in [0.2, 0.25) is 11.8 Å². The standard InChI is InChI=1S/C22H27ClN4O3/c1-15(21(28)25-12-16-6-3-4-8-19(16)30-2)27-11-5-7-17(14-27)22(29)26-20-10-9-18(23)13-24-20/h3-4,6,8-10,13,15,17H,5,7,11-12,14H2,1-2H3,(H,25,28)(H,24,26,29). The van der Waals surface area contributed by atoms with Crippen molar-refractivity contribution in [3.63, 3.8) is 0 Å². The van der Waals surface area contributed by atoms with Crippen molar-refractivity contribution in [3.05, 3.63) is 53.2 Å². The van der Waals surface area contributed by atoms with E-state index in [0.29, 0.717) is 23.9 Å². The minimum atomic E-state index is -0.330. The third-order valence-electron chi connectivity index (χ3n) is 5.38. The quantitative estimate of drug-likeness (QED) is 0.705. The van der Waals surface area contributed by atoms with Crippen molar-refractivity contribution in [2.24, 2.45) is 5.92 Å². The van der Waals surface area contributed by atoms with Crippen LogP contribution in [0.1, 0.15) is 25.3 Å². The first-order valence-corrected chi connectivity index (χ1v) is 10.4. The molecule has 2 heterocycles. The van der Waals surface area contributed by atoms with Gasteiger partial charge >= 0.3 is 0 Å². The number of halogens is 1. The van der Waals surface area contributed by atoms with Crippen molar-refractivity contribution < 1.29 is 14.3 Å². The molecule has 8 heteroatoms. The van der Waals surface area contributed by atoms with Gasteiger partial charge in [-0.25, -0.2) is 4.98 Å². The number of carbonyl (C=O) groups excluding carboxylic acids is 2. The van der Waals surface area contributed by atoms with E-state index in [-0.39, 0.29) is 23.8 Å². The average Bonchev–Trinajstić information content (AvgIpc) is 2.78. The van der Waals surface area contributed by atoms with Crippen LogP contribution in [0.5, 0.6) is 5.75 Å². The maximum absolute atomic E-state index is 12.7. The second-order valence-corrected chi connectivity index (χ2v) is 7.83. The van der Waals surface area contributed by atoms with Gasteiger partial charge in [-0.1, -0.05) is 29.8 Å². The smallest absolute Gasteiger partial charge is 0.237 e. The summed E-state index contributed by atoms with van der Waals surface area (Å²) >= 11 is 5.84. The number of rotatable bonds is 7. The van der Waals surface area contributed by atoms with Gasteiger partial charge in [-0.15, -0.1) is 0 Å². The van der Waals surface area contributed by atoms with Crippen LogP contribution < -0.4 is 15.4 Å². The molecule has 2 amide bonds. The molecule has 1 aliphatic heterocycles. The number of para-hydroxylation sites is 1. The van der Waals surface area contributed by atoms with Crippen LogP contribution in [0.3, 0.4) is 0 Å². The van der Waals surface area contributed by atoms with E-state index in [2.05, 4.69) is 20.5 Å². The molecule has 1 aliphatic rings. The predicted octanol–water partition coefficient (Wildman–Crippen LogP) is 3.10. The molecule has 2 N–H and O–H groups in total. The van der Waals surface area contributed by atoms with E-state index >= 15 is 0 Å². The van der Waals surface area contributed by atoms with Crippen molar-refractivity contribution in [1.29, 1.82) is 0 Å². The first-order valence-electron chi connectivity index (χ1n) is 10.0. The molecule has 2 unspecified atom stereocenters. The fraction of sp³-hybridized carbons (Fsp3) is 0.409. The molecular weight excluding hydrogens is 404 g/mol. The van der Waals surface area contributed by atoms with E-state index in [9.17, 15) is 9.59 Å². The Balaban J connectivity index is 1.53. The molecule has 7 nitrogen and oxygen atoms in total. The Morgan fingerprint density at radius 2 is 2.10 bits per heavy atom. The third kappa shape index (κ3) is 5.70. The lowest BCUT2D eigenvalue weighted by molar-refractivity contribution is -0.129. The van der Waals surface area contributed by atoms with Gasteiger partial charge in [-0.3, -0.25) is 14.5 Å². The first kappa shape index (κ1) is 22.1. The molecule has 1 fully saturated rings. The van der Waals surface area contributed by atoms with Crippen LogP contribution in [-0.2, 0) is 16.1 Å². The molecule has 0 spiro atoms. The number of benzene rings is 1. The minimum absolute atomic E-state index is 0.0682. The summed E-state index contributed by atoms with van der Waals surface area (Å²) in [5, 5.41) is 6.33. The van der Waals surface area contributed by atoms with E-state index in [0.717, 1.165) is 30.7 Å². The molecule has 160 valence electrons. The number of aromatic nitrogens is 1. The van der Waals surface area contributed by atoms with Crippen molar-refractivity contribution in [1.82, 2.24) is 15.2 Å². The molecule has 3 rings (SSSR count). The Kier molecular flexibility index (Phi) is 7.65. The van der Waals surface area contributed by atoms with Gasteiger partial charge < -0.3 is 15.4 Å². The summed E-state index contributed by atoms with van der Waals surface area (Å²) < 4.78 is 5.33. The zero-order valence-electron chi connectivity index (χ0n) is 17.2. The molecule has 0 aliphatic carbocycles. The predicted molar refractivity (Wildman–Crippen MR) is 116 cm³/mol. The maximum Gasteiger partial charge on any atom is 0.237 e. The molecule has 1 aromatic carbocycles. The number of methoxy groups -OCH3 is 1. The summed E-state index contributed by atoms with van der Waals surface area (Å²) in [5.74, 6) is 0.873. The molecule has 30 heavy (non-hydrogen) atoms. The summed E-state index contributed by atoms with van der Waals surface area (Å²) in [7, 11) is 1.61. The number of hydrogen-bond acceptors (Lipinski definition) is 5. The molecule has 1 saturated heterocycles. The van der Waals surface area contributed by atoms with Crippen LogP contribution in [0.4, 0.5) is 5.82 Å². The van der Waals surface area contributed by atoms with E-state index in [1.807, 2.05) is 31.2 Å². The molecule has 0 bridgehead atoms. The number of anilines is 1. The molecule has 0 saturated carbocycles. The van der Waals surface area contributed by atoms with Crippen molar-refractivity contribution in [2.75, 3.05) is 25.5 Å². The largest absolute Gasteiger partial charge is 0.496 e. The first-order chi connectivity index (χ1) is 14.5. The van der Waals surface area contributed by atoms with Gasteiger partial charge in [0, 0.05) is 24.8 Å². The Morgan fingerprint density at radius 3 is 2.83 bits per heavy atom. The molecule has 0 radical (unpaired) electrons. The fourth-order valence-electron chi connectivity index (χ4n) is 3.60. The van der Waals surface area contributed by atoms with Crippen LogP contribution in [0.2, 0.25) is 5.02 Å². The van der Waals surface area contributed by atoms with Gasteiger partial charge in [-0.2, -0.15) is 0 Å². The van der Waals surface area contributed by atoms with E-state index < -0.39 is 0 Å². The van der Waals surface area contributed by atoms with Crippen molar-refractivity contribution >= 4 is 29.2 Å². The number of nitrogens with zero attached hydrogens (tertiary/aromatic N) is 2. The summed E-state index contributed by atoms with van der Waals surface area (Å²) in [4.78, 5) is 31.5. The third-order valence-corrected chi connectivity index (χ3v) is 5.60. The molecule has 1 aromatic heterocycles. The lowest BCUT2D eigenvalue weighted by Crippen LogP contribution is -2.50. The minimum Gasteiger partial charge on any atom is -0.496 e. The Hall–Kier alpha value is -2.64. The fourth-order valence-corrected chi connectivity index (χ4v) is 3.71. The highest BCUT2D eigenvalue weighted by Gasteiger charge is 2.31. The summed E-state index contributed by atoms with van der Waals surface area (Å²) in [6.07, 6.45) is 3.14. The normalized spacial score (nSPS) is 17.8. The zero-order valence-corrected chi connectivity index (χ0v) is 18.0. The van der Waals surface area contributed by atoms with E-state index in [4.69, 9.17) is 16.3 Å². The van der Waals surface area contributed by atoms with Gasteiger partial charge in [0.15, 0.2) is 0 Å². The van der Waals surface area contributed by atoms with Crippen LogP contribution in [0, 0.1) is 5.92 Å². The maximum atomic E-state index is 12.7. The summed E-state index contributed by atoms with van der Waals surface area (Å²) in [6.45, 7) is 3.58. The lowest BCUT2D eigenvalue weighted by Gasteiger charge is -2.35. The summed E-state index contributed by atoms with van der Waals surface area (Å²) in [5.41, 5.74) is 0.923. The molecular formula is C22H27ClN4O3. The number of amides is 2. The van der Waals surface area contributed by atoms with Gasteiger partial charge in [0.25, 0.3) is 0 Å². The van der Waals surface area contributed by atoms with Crippen LogP contribution in [-0.4, -0.2) is 47.9 Å². The van der Waals surface area contributed by atoms with Crippen LogP contribution in [0.25, 0.3) is 0 Å². The highest BCUT2D eigenvalue weighted by atomic mass is 35.5. The molecule has 2 atom stereocenters. The topological polar surface area (TPSA) is 83.6 Å². The van der Waals surface area contributed by atoms with Crippen molar-refractivity contribution in [2.45, 2.75) is 32.4 Å². The Morgan fingerprint density at radius 1 is 1.30 bits per heavy atom. The van der Waals surface area contributed by atoms with E-state index in [1.165, 1.54) is 6.20 Å². The van der Waals surface area contributed by atoms with Gasteiger partial charge in [0.1, 0.15) is 11.6 Å². The number of pyridine rings is 1. The number of hydrogen-bond donors (Lipinski definition) is 2. The van der Waals surface area contributed by atoms with Crippen LogP contribution in [0.15, 0.2) is 42.6 Å². The average molecular weight is 431 g/mol. The van der Waals surface area contributed by atoms with Gasteiger partial charge in [-0.05, 0) is 44.5 Å². The van der Waals surface area contributed by atoms with E-state index in [1.54, 1.807) is 19.2 Å². The lowest BCUT2D eigenvalue weighted by atomic mass is 9.96. The number of carbonyl (C=O) groups is 2. The van der Waals surface area contributed by atoms with Crippen molar-refractivity contribution in [3.8, 4) is 5.75 Å². The number of nitrogens with one attached hydrogen (secondary N) is 2. The number of piperidine rings is 1.